The number of likely N-dealkylation sites (N-methyl/N-ethyl adjacent to an activating group) is 1. The van der Waals surface area contributed by atoms with Crippen LogP contribution in [0.3, 0.4) is 0 Å². The van der Waals surface area contributed by atoms with E-state index in [4.69, 9.17) is 23.2 Å². The van der Waals surface area contributed by atoms with E-state index >= 15 is 0 Å². The number of benzene rings is 3. The lowest BCUT2D eigenvalue weighted by molar-refractivity contribution is -0.141. The van der Waals surface area contributed by atoms with E-state index in [1.807, 2.05) is 74.5 Å². The first kappa shape index (κ1) is 25.8. The minimum absolute atomic E-state index is 0.109. The van der Waals surface area contributed by atoms with Gasteiger partial charge in [-0.2, -0.15) is 0 Å². The van der Waals surface area contributed by atoms with Crippen LogP contribution in [0.15, 0.2) is 78.9 Å². The van der Waals surface area contributed by atoms with E-state index in [1.54, 1.807) is 23.1 Å². The number of carbonyl (C=O) groups excluding carboxylic acids is 2. The van der Waals surface area contributed by atoms with Crippen LogP contribution < -0.4 is 5.32 Å². The van der Waals surface area contributed by atoms with Gasteiger partial charge in [0.25, 0.3) is 0 Å². The molecule has 0 fully saturated rings. The molecule has 0 saturated carbocycles. The van der Waals surface area contributed by atoms with E-state index < -0.39 is 6.04 Å². The summed E-state index contributed by atoms with van der Waals surface area (Å²) < 4.78 is 0. The van der Waals surface area contributed by atoms with E-state index in [0.717, 1.165) is 16.7 Å². The first-order chi connectivity index (χ1) is 16.4. The van der Waals surface area contributed by atoms with Crippen LogP contribution in [0, 0.1) is 0 Å². The van der Waals surface area contributed by atoms with E-state index in [9.17, 15) is 9.59 Å². The Bertz CT molecular complexity index is 1050. The van der Waals surface area contributed by atoms with Crippen LogP contribution in [0.2, 0.25) is 10.0 Å². The number of nitrogens with zero attached hydrogens (tertiary/aromatic N) is 1. The van der Waals surface area contributed by atoms with Crippen LogP contribution in [0.1, 0.15) is 49.3 Å². The van der Waals surface area contributed by atoms with Crippen molar-refractivity contribution in [3.63, 3.8) is 0 Å². The molecular weight excluding hydrogens is 467 g/mol. The summed E-state index contributed by atoms with van der Waals surface area (Å²) in [5, 5.41) is 3.87. The Morgan fingerprint density at radius 2 is 1.47 bits per heavy atom. The quantitative estimate of drug-likeness (QED) is 0.350. The standard InChI is InChI=1S/C28H30Cl2N2O2/c1-3-26(28(34)31-4-2)32(19-22-15-16-23(29)17-25(22)30)27(33)18-24(20-11-7-5-8-12-20)21-13-9-6-10-14-21/h5-17,24,26H,3-4,18-19H2,1-2H3,(H,31,34)/t26-/m0/s1. The van der Waals surface area contributed by atoms with Gasteiger partial charge in [0.05, 0.1) is 0 Å². The summed E-state index contributed by atoms with van der Waals surface area (Å²) in [5.74, 6) is -0.411. The van der Waals surface area contributed by atoms with Gasteiger partial charge in [-0.05, 0) is 42.2 Å². The van der Waals surface area contributed by atoms with Gasteiger partial charge in [0, 0.05) is 35.5 Å². The maximum atomic E-state index is 13.9. The zero-order chi connectivity index (χ0) is 24.5. The number of rotatable bonds is 10. The summed E-state index contributed by atoms with van der Waals surface area (Å²) in [6.45, 7) is 4.50. The van der Waals surface area contributed by atoms with E-state index in [2.05, 4.69) is 5.32 Å². The Kier molecular flexibility index (Phi) is 9.55. The summed E-state index contributed by atoms with van der Waals surface area (Å²) in [4.78, 5) is 28.4. The van der Waals surface area contributed by atoms with Crippen LogP contribution in [-0.4, -0.2) is 29.3 Å². The van der Waals surface area contributed by atoms with Gasteiger partial charge in [-0.25, -0.2) is 0 Å². The third-order valence-corrected chi connectivity index (χ3v) is 6.46. The van der Waals surface area contributed by atoms with Gasteiger partial charge in [0.1, 0.15) is 6.04 Å². The second kappa shape index (κ2) is 12.6. The van der Waals surface area contributed by atoms with Crippen molar-refractivity contribution in [1.82, 2.24) is 10.2 Å². The molecule has 0 unspecified atom stereocenters. The summed E-state index contributed by atoms with van der Waals surface area (Å²) in [6, 6.07) is 24.6. The number of amides is 2. The van der Waals surface area contributed by atoms with Gasteiger partial charge >= 0.3 is 0 Å². The van der Waals surface area contributed by atoms with E-state index in [0.29, 0.717) is 23.0 Å². The smallest absolute Gasteiger partial charge is 0.242 e. The zero-order valence-corrected chi connectivity index (χ0v) is 21.0. The molecule has 0 aliphatic heterocycles. The maximum Gasteiger partial charge on any atom is 0.242 e. The molecule has 3 aromatic carbocycles. The molecular formula is C28H30Cl2N2O2. The second-order valence-corrected chi connectivity index (χ2v) is 9.00. The molecule has 0 aliphatic carbocycles. The minimum Gasteiger partial charge on any atom is -0.355 e. The average Bonchev–Trinajstić information content (AvgIpc) is 2.85. The highest BCUT2D eigenvalue weighted by atomic mass is 35.5. The van der Waals surface area contributed by atoms with Gasteiger partial charge in [-0.15, -0.1) is 0 Å². The molecule has 0 aliphatic rings. The number of hydrogen-bond donors (Lipinski definition) is 1. The Labute approximate surface area is 211 Å². The Morgan fingerprint density at radius 3 is 1.97 bits per heavy atom. The number of nitrogens with one attached hydrogen (secondary N) is 1. The molecule has 1 N–H and O–H groups in total. The van der Waals surface area contributed by atoms with Crippen molar-refractivity contribution in [1.29, 1.82) is 0 Å². The van der Waals surface area contributed by atoms with Crippen LogP contribution in [0.4, 0.5) is 0 Å². The molecule has 3 rings (SSSR count). The van der Waals surface area contributed by atoms with Crippen LogP contribution >= 0.6 is 23.2 Å². The summed E-state index contributed by atoms with van der Waals surface area (Å²) >= 11 is 12.5. The average molecular weight is 497 g/mol. The fraction of sp³-hybridized carbons (Fsp3) is 0.286. The van der Waals surface area contributed by atoms with Gasteiger partial charge in [0.2, 0.25) is 11.8 Å². The Morgan fingerprint density at radius 1 is 0.882 bits per heavy atom. The summed E-state index contributed by atoms with van der Waals surface area (Å²) in [6.07, 6.45) is 0.721. The molecule has 6 heteroatoms. The lowest BCUT2D eigenvalue weighted by Crippen LogP contribution is -2.49. The van der Waals surface area contributed by atoms with Crippen molar-refractivity contribution in [3.8, 4) is 0 Å². The summed E-state index contributed by atoms with van der Waals surface area (Å²) in [7, 11) is 0. The van der Waals surface area contributed by atoms with E-state index in [-0.39, 0.29) is 30.7 Å². The van der Waals surface area contributed by atoms with Crippen molar-refractivity contribution in [2.75, 3.05) is 6.54 Å². The highest BCUT2D eigenvalue weighted by molar-refractivity contribution is 6.35. The molecule has 178 valence electrons. The molecule has 0 radical (unpaired) electrons. The number of hydrogen-bond acceptors (Lipinski definition) is 2. The fourth-order valence-corrected chi connectivity index (χ4v) is 4.60. The predicted octanol–water partition coefficient (Wildman–Crippen LogP) is 6.46. The van der Waals surface area contributed by atoms with Crippen molar-refractivity contribution in [3.05, 3.63) is 106 Å². The van der Waals surface area contributed by atoms with Crippen LogP contribution in [-0.2, 0) is 16.1 Å². The molecule has 34 heavy (non-hydrogen) atoms. The predicted molar refractivity (Wildman–Crippen MR) is 139 cm³/mol. The number of halogens is 2. The highest BCUT2D eigenvalue weighted by Gasteiger charge is 2.31. The minimum atomic E-state index is -0.605. The van der Waals surface area contributed by atoms with Crippen LogP contribution in [0.5, 0.6) is 0 Å². The normalized spacial score (nSPS) is 11.8. The van der Waals surface area contributed by atoms with Gasteiger partial charge in [-0.3, -0.25) is 9.59 Å². The van der Waals surface area contributed by atoms with Gasteiger partial charge < -0.3 is 10.2 Å². The zero-order valence-electron chi connectivity index (χ0n) is 19.5. The molecule has 0 saturated heterocycles. The lowest BCUT2D eigenvalue weighted by Gasteiger charge is -2.32. The maximum absolute atomic E-state index is 13.9. The van der Waals surface area contributed by atoms with Crippen LogP contribution in [0.25, 0.3) is 0 Å². The lowest BCUT2D eigenvalue weighted by atomic mass is 9.88. The molecule has 4 nitrogen and oxygen atoms in total. The molecule has 0 spiro atoms. The Balaban J connectivity index is 1.97. The van der Waals surface area contributed by atoms with Gasteiger partial charge in [-0.1, -0.05) is 96.9 Å². The van der Waals surface area contributed by atoms with Gasteiger partial charge in [0.15, 0.2) is 0 Å². The molecule has 0 heterocycles. The number of carbonyl (C=O) groups is 2. The topological polar surface area (TPSA) is 49.4 Å². The largest absolute Gasteiger partial charge is 0.355 e. The molecule has 0 bridgehead atoms. The third-order valence-electron chi connectivity index (χ3n) is 5.88. The highest BCUT2D eigenvalue weighted by Crippen LogP contribution is 2.30. The first-order valence-corrected chi connectivity index (χ1v) is 12.3. The molecule has 3 aromatic rings. The van der Waals surface area contributed by atoms with Crippen molar-refractivity contribution >= 4 is 35.0 Å². The SMILES string of the molecule is CCNC(=O)[C@H](CC)N(Cc1ccc(Cl)cc1Cl)C(=O)CC(c1ccccc1)c1ccccc1. The molecule has 2 amide bonds. The monoisotopic (exact) mass is 496 g/mol. The van der Waals surface area contributed by atoms with Crippen molar-refractivity contribution < 1.29 is 9.59 Å². The molecule has 0 aromatic heterocycles. The second-order valence-electron chi connectivity index (χ2n) is 8.15. The molecule has 1 atom stereocenters. The fourth-order valence-electron chi connectivity index (χ4n) is 4.14. The van der Waals surface area contributed by atoms with Crippen molar-refractivity contribution in [2.24, 2.45) is 0 Å². The Hall–Kier alpha value is -2.82. The summed E-state index contributed by atoms with van der Waals surface area (Å²) in [5.41, 5.74) is 2.85. The first-order valence-electron chi connectivity index (χ1n) is 11.6. The van der Waals surface area contributed by atoms with E-state index in [1.165, 1.54) is 0 Å². The van der Waals surface area contributed by atoms with Crippen molar-refractivity contribution in [2.45, 2.75) is 45.2 Å². The third kappa shape index (κ3) is 6.62.